The summed E-state index contributed by atoms with van der Waals surface area (Å²) in [5, 5.41) is 2.87. The van der Waals surface area contributed by atoms with Crippen molar-refractivity contribution < 1.29 is 14.3 Å². The van der Waals surface area contributed by atoms with Crippen LogP contribution in [0.15, 0.2) is 54.9 Å². The first-order valence-corrected chi connectivity index (χ1v) is 7.75. The third-order valence-corrected chi connectivity index (χ3v) is 4.10. The van der Waals surface area contributed by atoms with Crippen LogP contribution in [-0.2, 0) is 20.9 Å². The molecule has 0 unspecified atom stereocenters. The second-order valence-electron chi connectivity index (χ2n) is 5.67. The number of amides is 2. The van der Waals surface area contributed by atoms with Crippen molar-refractivity contribution in [3.63, 3.8) is 0 Å². The number of likely N-dealkylation sites (N-methyl/N-ethyl adjacent to an activating group) is 1. The first-order valence-electron chi connectivity index (χ1n) is 7.75. The van der Waals surface area contributed by atoms with Crippen molar-refractivity contribution in [2.45, 2.75) is 18.7 Å². The van der Waals surface area contributed by atoms with Gasteiger partial charge in [0.2, 0.25) is 5.91 Å². The molecule has 1 aliphatic heterocycles. The molecular formula is C18H19N3O3. The molecule has 124 valence electrons. The van der Waals surface area contributed by atoms with E-state index in [4.69, 9.17) is 4.74 Å². The van der Waals surface area contributed by atoms with Gasteiger partial charge in [-0.2, -0.15) is 0 Å². The predicted octanol–water partition coefficient (Wildman–Crippen LogP) is 1.30. The number of morpholine rings is 1. The molecule has 2 aromatic rings. The molecule has 0 aliphatic carbocycles. The van der Waals surface area contributed by atoms with E-state index in [0.717, 1.165) is 11.1 Å². The van der Waals surface area contributed by atoms with E-state index in [1.807, 2.05) is 42.5 Å². The van der Waals surface area contributed by atoms with Crippen LogP contribution in [-0.4, -0.2) is 41.5 Å². The maximum atomic E-state index is 12.6. The summed E-state index contributed by atoms with van der Waals surface area (Å²) in [6, 6.07) is 12.7. The zero-order valence-electron chi connectivity index (χ0n) is 13.4. The monoisotopic (exact) mass is 325 g/mol. The minimum atomic E-state index is -0.739. The molecule has 1 saturated heterocycles. The number of hydrogen-bond acceptors (Lipinski definition) is 4. The van der Waals surface area contributed by atoms with Crippen LogP contribution in [0.4, 0.5) is 0 Å². The van der Waals surface area contributed by atoms with Crippen LogP contribution in [0.5, 0.6) is 0 Å². The smallest absolute Gasteiger partial charge is 0.251 e. The fraction of sp³-hybridized carbons (Fsp3) is 0.278. The van der Waals surface area contributed by atoms with Gasteiger partial charge in [0.05, 0.1) is 6.04 Å². The highest BCUT2D eigenvalue weighted by molar-refractivity contribution is 5.86. The summed E-state index contributed by atoms with van der Waals surface area (Å²) in [6.07, 6.45) is 2.62. The summed E-state index contributed by atoms with van der Waals surface area (Å²) in [5.74, 6) is -0.373. The Bertz CT molecular complexity index is 706. The highest BCUT2D eigenvalue weighted by Crippen LogP contribution is 2.29. The van der Waals surface area contributed by atoms with Crippen molar-refractivity contribution in [2.24, 2.45) is 0 Å². The number of carbonyl (C=O) groups is 2. The molecule has 2 heterocycles. The van der Waals surface area contributed by atoms with Gasteiger partial charge in [-0.25, -0.2) is 0 Å². The van der Waals surface area contributed by atoms with E-state index in [-0.39, 0.29) is 18.4 Å². The summed E-state index contributed by atoms with van der Waals surface area (Å²) in [6.45, 7) is 0.299. The maximum Gasteiger partial charge on any atom is 0.251 e. The molecule has 0 saturated carbocycles. The molecule has 2 amide bonds. The average Bonchev–Trinajstić information content (AvgIpc) is 2.63. The molecule has 1 aromatic heterocycles. The van der Waals surface area contributed by atoms with E-state index >= 15 is 0 Å². The fourth-order valence-corrected chi connectivity index (χ4v) is 2.77. The molecule has 0 radical (unpaired) electrons. The van der Waals surface area contributed by atoms with Crippen molar-refractivity contribution in [3.05, 3.63) is 66.0 Å². The highest BCUT2D eigenvalue weighted by atomic mass is 16.5. The molecule has 1 N–H and O–H groups in total. The van der Waals surface area contributed by atoms with Crippen molar-refractivity contribution in [1.29, 1.82) is 0 Å². The zero-order chi connectivity index (χ0) is 16.9. The lowest BCUT2D eigenvalue weighted by atomic mass is 9.97. The number of nitrogens with one attached hydrogen (secondary N) is 1. The van der Waals surface area contributed by atoms with Gasteiger partial charge in [-0.15, -0.1) is 0 Å². The Kier molecular flexibility index (Phi) is 4.86. The van der Waals surface area contributed by atoms with Gasteiger partial charge >= 0.3 is 0 Å². The number of pyridine rings is 1. The Morgan fingerprint density at radius 1 is 1.25 bits per heavy atom. The molecule has 0 spiro atoms. The molecule has 2 atom stereocenters. The number of benzene rings is 1. The molecular weight excluding hydrogens is 306 g/mol. The normalized spacial score (nSPS) is 20.7. The van der Waals surface area contributed by atoms with E-state index in [9.17, 15) is 9.59 Å². The first kappa shape index (κ1) is 16.1. The SMILES string of the molecule is CN1C(=O)CO[C@@H](C(=O)NCc2ccncc2)[C@@H]1c1ccccc1. The quantitative estimate of drug-likeness (QED) is 0.920. The number of rotatable bonds is 4. The number of hydrogen-bond donors (Lipinski definition) is 1. The van der Waals surface area contributed by atoms with E-state index in [1.165, 1.54) is 0 Å². The fourth-order valence-electron chi connectivity index (χ4n) is 2.77. The molecule has 24 heavy (non-hydrogen) atoms. The van der Waals surface area contributed by atoms with Crippen LogP contribution in [0.1, 0.15) is 17.2 Å². The summed E-state index contributed by atoms with van der Waals surface area (Å²) in [4.78, 5) is 30.1. The van der Waals surface area contributed by atoms with Crippen LogP contribution >= 0.6 is 0 Å². The van der Waals surface area contributed by atoms with E-state index in [0.29, 0.717) is 6.54 Å². The minimum absolute atomic E-state index is 0.0901. The predicted molar refractivity (Wildman–Crippen MR) is 87.8 cm³/mol. The van der Waals surface area contributed by atoms with E-state index in [2.05, 4.69) is 10.3 Å². The number of carbonyl (C=O) groups excluding carboxylic acids is 2. The molecule has 6 nitrogen and oxygen atoms in total. The number of aromatic nitrogens is 1. The van der Waals surface area contributed by atoms with Crippen molar-refractivity contribution >= 4 is 11.8 Å². The van der Waals surface area contributed by atoms with Crippen molar-refractivity contribution in [1.82, 2.24) is 15.2 Å². The van der Waals surface area contributed by atoms with E-state index < -0.39 is 12.1 Å². The van der Waals surface area contributed by atoms with Crippen LogP contribution < -0.4 is 5.32 Å². The zero-order valence-corrected chi connectivity index (χ0v) is 13.4. The Morgan fingerprint density at radius 3 is 2.67 bits per heavy atom. The second-order valence-corrected chi connectivity index (χ2v) is 5.67. The van der Waals surface area contributed by atoms with Crippen LogP contribution in [0, 0.1) is 0 Å². The Morgan fingerprint density at radius 2 is 1.96 bits per heavy atom. The summed E-state index contributed by atoms with van der Waals surface area (Å²) in [5.41, 5.74) is 1.83. The van der Waals surface area contributed by atoms with E-state index in [1.54, 1.807) is 24.3 Å². The second kappa shape index (κ2) is 7.23. The molecule has 3 rings (SSSR count). The molecule has 0 bridgehead atoms. The van der Waals surface area contributed by atoms with Crippen LogP contribution in [0.3, 0.4) is 0 Å². The topological polar surface area (TPSA) is 71.5 Å². The summed E-state index contributed by atoms with van der Waals surface area (Å²) >= 11 is 0. The largest absolute Gasteiger partial charge is 0.356 e. The van der Waals surface area contributed by atoms with Gasteiger partial charge in [0.25, 0.3) is 5.91 Å². The average molecular weight is 325 g/mol. The van der Waals surface area contributed by atoms with Gasteiger partial charge in [0, 0.05) is 26.0 Å². The Hall–Kier alpha value is -2.73. The third kappa shape index (κ3) is 3.44. The van der Waals surface area contributed by atoms with Crippen molar-refractivity contribution in [2.75, 3.05) is 13.7 Å². The lowest BCUT2D eigenvalue weighted by Gasteiger charge is -2.38. The van der Waals surface area contributed by atoms with Crippen molar-refractivity contribution in [3.8, 4) is 0 Å². The summed E-state index contributed by atoms with van der Waals surface area (Å²) in [7, 11) is 1.70. The van der Waals surface area contributed by atoms with Gasteiger partial charge < -0.3 is 15.0 Å². The lowest BCUT2D eigenvalue weighted by Crippen LogP contribution is -2.52. The molecule has 1 aromatic carbocycles. The summed E-state index contributed by atoms with van der Waals surface area (Å²) < 4.78 is 5.56. The van der Waals surface area contributed by atoms with Gasteiger partial charge in [-0.3, -0.25) is 14.6 Å². The molecule has 1 fully saturated rings. The molecule has 1 aliphatic rings. The third-order valence-electron chi connectivity index (χ3n) is 4.10. The lowest BCUT2D eigenvalue weighted by molar-refractivity contribution is -0.162. The standard InChI is InChI=1S/C18H19N3O3/c1-21-15(22)12-24-17(16(21)14-5-3-2-4-6-14)18(23)20-11-13-7-9-19-10-8-13/h2-10,16-17H,11-12H2,1H3,(H,20,23)/t16-,17+/m0/s1. The number of ether oxygens (including phenoxy) is 1. The molecule has 6 heteroatoms. The minimum Gasteiger partial charge on any atom is -0.356 e. The van der Waals surface area contributed by atoms with Gasteiger partial charge in [-0.05, 0) is 23.3 Å². The Labute approximate surface area is 140 Å². The van der Waals surface area contributed by atoms with Crippen LogP contribution in [0.2, 0.25) is 0 Å². The van der Waals surface area contributed by atoms with Crippen LogP contribution in [0.25, 0.3) is 0 Å². The van der Waals surface area contributed by atoms with Gasteiger partial charge in [0.15, 0.2) is 6.10 Å². The first-order chi connectivity index (χ1) is 11.7. The number of nitrogens with zero attached hydrogens (tertiary/aromatic N) is 2. The highest BCUT2D eigenvalue weighted by Gasteiger charge is 2.39. The van der Waals surface area contributed by atoms with Gasteiger partial charge in [-0.1, -0.05) is 30.3 Å². The van der Waals surface area contributed by atoms with Gasteiger partial charge in [0.1, 0.15) is 6.61 Å². The maximum absolute atomic E-state index is 12.6. The Balaban J connectivity index is 1.76.